The van der Waals surface area contributed by atoms with Gasteiger partial charge in [0.1, 0.15) is 0 Å². The van der Waals surface area contributed by atoms with E-state index in [1.54, 1.807) is 37.4 Å². The maximum atomic E-state index is 11.9. The van der Waals surface area contributed by atoms with Crippen molar-refractivity contribution >= 4 is 17.7 Å². The van der Waals surface area contributed by atoms with Crippen molar-refractivity contribution in [1.29, 1.82) is 0 Å². The lowest BCUT2D eigenvalue weighted by molar-refractivity contribution is -0.141. The summed E-state index contributed by atoms with van der Waals surface area (Å²) in [5, 5.41) is 15.2. The molecule has 1 heterocycles. The average Bonchev–Trinajstić information content (AvgIpc) is 2.90. The molecule has 7 heteroatoms. The molecule has 2 N–H and O–H groups in total. The van der Waals surface area contributed by atoms with Crippen LogP contribution in [0.25, 0.3) is 0 Å². The number of carboxylic acid groups (broad SMARTS) is 1. The molecule has 0 spiro atoms. The number of ketones is 1. The minimum atomic E-state index is -1.28. The van der Waals surface area contributed by atoms with Gasteiger partial charge in [-0.25, -0.2) is 4.79 Å². The zero-order valence-corrected chi connectivity index (χ0v) is 11.2. The highest BCUT2D eigenvalue weighted by atomic mass is 16.4. The van der Waals surface area contributed by atoms with Crippen LogP contribution in [0.1, 0.15) is 22.0 Å². The fourth-order valence-corrected chi connectivity index (χ4v) is 1.80. The number of hydrogen-bond acceptors (Lipinski definition) is 4. The van der Waals surface area contributed by atoms with Crippen LogP contribution in [-0.4, -0.2) is 32.5 Å². The SMILES string of the molecule is Cn1cc(C(=O)C(=O)N[C@@H](C(=O)O)c2ccccc2)cn1. The molecule has 0 unspecified atom stereocenters. The molecule has 0 aliphatic heterocycles. The summed E-state index contributed by atoms with van der Waals surface area (Å²) in [7, 11) is 1.61. The molecule has 0 saturated carbocycles. The summed E-state index contributed by atoms with van der Waals surface area (Å²) in [5.74, 6) is -3.06. The number of carbonyl (C=O) groups is 3. The highest BCUT2D eigenvalue weighted by molar-refractivity contribution is 6.43. The molecule has 1 atom stereocenters. The van der Waals surface area contributed by atoms with Crippen molar-refractivity contribution in [1.82, 2.24) is 15.1 Å². The number of aryl methyl sites for hydroxylation is 1. The molecule has 1 aromatic carbocycles. The molecule has 0 saturated heterocycles. The summed E-state index contributed by atoms with van der Waals surface area (Å²) in [5.41, 5.74) is 0.490. The average molecular weight is 287 g/mol. The van der Waals surface area contributed by atoms with Gasteiger partial charge in [-0.05, 0) is 5.56 Å². The van der Waals surface area contributed by atoms with Gasteiger partial charge in [0, 0.05) is 13.2 Å². The Labute approximate surface area is 120 Å². The number of amides is 1. The molecule has 0 bridgehead atoms. The highest BCUT2D eigenvalue weighted by Crippen LogP contribution is 2.13. The van der Waals surface area contributed by atoms with Crippen molar-refractivity contribution in [3.05, 3.63) is 53.9 Å². The van der Waals surface area contributed by atoms with Crippen LogP contribution in [0.2, 0.25) is 0 Å². The number of nitrogens with zero attached hydrogens (tertiary/aromatic N) is 2. The smallest absolute Gasteiger partial charge is 0.330 e. The van der Waals surface area contributed by atoms with E-state index < -0.39 is 23.7 Å². The van der Waals surface area contributed by atoms with Gasteiger partial charge in [-0.2, -0.15) is 5.10 Å². The minimum Gasteiger partial charge on any atom is -0.479 e. The van der Waals surface area contributed by atoms with Gasteiger partial charge in [0.2, 0.25) is 0 Å². The van der Waals surface area contributed by atoms with Crippen molar-refractivity contribution in [2.24, 2.45) is 7.05 Å². The summed E-state index contributed by atoms with van der Waals surface area (Å²) in [6.07, 6.45) is 2.64. The third-order valence-electron chi connectivity index (χ3n) is 2.83. The second kappa shape index (κ2) is 6.00. The Kier molecular flexibility index (Phi) is 4.13. The van der Waals surface area contributed by atoms with Gasteiger partial charge in [0.05, 0.1) is 11.8 Å². The van der Waals surface area contributed by atoms with Crippen molar-refractivity contribution in [3.8, 4) is 0 Å². The fourth-order valence-electron chi connectivity index (χ4n) is 1.80. The molecule has 1 aromatic heterocycles. The van der Waals surface area contributed by atoms with Gasteiger partial charge >= 0.3 is 5.97 Å². The van der Waals surface area contributed by atoms with Gasteiger partial charge in [0.25, 0.3) is 11.7 Å². The molecule has 0 aliphatic carbocycles. The first-order valence-corrected chi connectivity index (χ1v) is 6.10. The number of aliphatic carboxylic acids is 1. The number of Topliss-reactive ketones (excluding diaryl/α,β-unsaturated/α-hetero) is 1. The highest BCUT2D eigenvalue weighted by Gasteiger charge is 2.26. The van der Waals surface area contributed by atoms with Crippen LogP contribution in [0.4, 0.5) is 0 Å². The first-order valence-electron chi connectivity index (χ1n) is 6.10. The third-order valence-corrected chi connectivity index (χ3v) is 2.83. The van der Waals surface area contributed by atoms with Crippen molar-refractivity contribution < 1.29 is 19.5 Å². The molecule has 108 valence electrons. The number of aromatic nitrogens is 2. The van der Waals surface area contributed by atoms with Gasteiger partial charge in [-0.15, -0.1) is 0 Å². The molecular formula is C14H13N3O4. The Bertz CT molecular complexity index is 679. The lowest BCUT2D eigenvalue weighted by Crippen LogP contribution is -2.38. The van der Waals surface area contributed by atoms with Gasteiger partial charge in [-0.3, -0.25) is 14.3 Å². The molecule has 0 fully saturated rings. The molecule has 7 nitrogen and oxygen atoms in total. The molecule has 21 heavy (non-hydrogen) atoms. The third kappa shape index (κ3) is 3.33. The minimum absolute atomic E-state index is 0.104. The number of hydrogen-bond donors (Lipinski definition) is 2. The van der Waals surface area contributed by atoms with E-state index >= 15 is 0 Å². The molecule has 2 aromatic rings. The summed E-state index contributed by atoms with van der Waals surface area (Å²) in [6.45, 7) is 0. The predicted octanol–water partition coefficient (Wildman–Crippen LogP) is 0.545. The maximum absolute atomic E-state index is 11.9. The first kappa shape index (κ1) is 14.4. The van der Waals surface area contributed by atoms with Gasteiger partial charge < -0.3 is 10.4 Å². The van der Waals surface area contributed by atoms with E-state index in [0.29, 0.717) is 5.56 Å². The zero-order chi connectivity index (χ0) is 15.4. The zero-order valence-electron chi connectivity index (χ0n) is 11.2. The molecule has 0 aliphatic rings. The van der Waals surface area contributed by atoms with Crippen LogP contribution in [0.15, 0.2) is 42.7 Å². The lowest BCUT2D eigenvalue weighted by atomic mass is 10.1. The molecule has 1 amide bonds. The summed E-state index contributed by atoms with van der Waals surface area (Å²) in [6, 6.07) is 6.88. The van der Waals surface area contributed by atoms with Gasteiger partial charge in [-0.1, -0.05) is 30.3 Å². The number of benzene rings is 1. The van der Waals surface area contributed by atoms with Crippen LogP contribution < -0.4 is 5.32 Å². The molecule has 2 rings (SSSR count). The van der Waals surface area contributed by atoms with Crippen molar-refractivity contribution in [3.63, 3.8) is 0 Å². The lowest BCUT2D eigenvalue weighted by Gasteiger charge is -2.13. The Morgan fingerprint density at radius 1 is 1.24 bits per heavy atom. The van der Waals surface area contributed by atoms with E-state index in [-0.39, 0.29) is 5.56 Å². The number of carboxylic acids is 1. The Morgan fingerprint density at radius 2 is 1.90 bits per heavy atom. The van der Waals surface area contributed by atoms with Crippen LogP contribution in [-0.2, 0) is 16.6 Å². The molecular weight excluding hydrogens is 274 g/mol. The van der Waals surface area contributed by atoms with Crippen molar-refractivity contribution in [2.75, 3.05) is 0 Å². The topological polar surface area (TPSA) is 101 Å². The number of rotatable bonds is 5. The van der Waals surface area contributed by atoms with Gasteiger partial charge in [0.15, 0.2) is 6.04 Å². The van der Waals surface area contributed by atoms with E-state index in [2.05, 4.69) is 10.4 Å². The van der Waals surface area contributed by atoms with E-state index in [4.69, 9.17) is 0 Å². The van der Waals surface area contributed by atoms with Crippen LogP contribution in [0.3, 0.4) is 0 Å². The van der Waals surface area contributed by atoms with E-state index in [9.17, 15) is 19.5 Å². The normalized spacial score (nSPS) is 11.7. The Morgan fingerprint density at radius 3 is 2.43 bits per heavy atom. The van der Waals surface area contributed by atoms with E-state index in [1.807, 2.05) is 0 Å². The van der Waals surface area contributed by atoms with Crippen LogP contribution in [0.5, 0.6) is 0 Å². The standard InChI is InChI=1S/C14H13N3O4/c1-17-8-10(7-15-17)12(18)13(19)16-11(14(20)21)9-5-3-2-4-6-9/h2-8,11H,1H3,(H,16,19)(H,20,21)/t11-/m1/s1. The van der Waals surface area contributed by atoms with Crippen LogP contribution in [0, 0.1) is 0 Å². The second-order valence-corrected chi connectivity index (χ2v) is 4.39. The van der Waals surface area contributed by atoms with E-state index in [0.717, 1.165) is 0 Å². The quantitative estimate of drug-likeness (QED) is 0.617. The van der Waals surface area contributed by atoms with Crippen LogP contribution >= 0.6 is 0 Å². The maximum Gasteiger partial charge on any atom is 0.330 e. The second-order valence-electron chi connectivity index (χ2n) is 4.39. The summed E-state index contributed by atoms with van der Waals surface area (Å²) >= 11 is 0. The first-order chi connectivity index (χ1) is 9.99. The number of carbonyl (C=O) groups excluding carboxylic acids is 2. The monoisotopic (exact) mass is 287 g/mol. The van der Waals surface area contributed by atoms with E-state index in [1.165, 1.54) is 17.1 Å². The Hall–Kier alpha value is -2.96. The largest absolute Gasteiger partial charge is 0.479 e. The number of nitrogens with one attached hydrogen (secondary N) is 1. The summed E-state index contributed by atoms with van der Waals surface area (Å²) < 4.78 is 1.38. The summed E-state index contributed by atoms with van der Waals surface area (Å²) in [4.78, 5) is 35.0. The van der Waals surface area contributed by atoms with Crippen molar-refractivity contribution in [2.45, 2.75) is 6.04 Å². The molecule has 0 radical (unpaired) electrons. The predicted molar refractivity (Wildman–Crippen MR) is 72.5 cm³/mol. The fraction of sp³-hybridized carbons (Fsp3) is 0.143. The Balaban J connectivity index is 2.16.